The second-order valence-corrected chi connectivity index (χ2v) is 10.9. The van der Waals surface area contributed by atoms with Crippen molar-refractivity contribution in [2.24, 2.45) is 17.3 Å². The molecule has 0 amide bonds. The number of halogens is 1. The van der Waals surface area contributed by atoms with Gasteiger partial charge in [-0.1, -0.05) is 44.5 Å². The minimum atomic E-state index is -0.223. The third-order valence-electron chi connectivity index (χ3n) is 8.97. The molecule has 0 radical (unpaired) electrons. The van der Waals surface area contributed by atoms with Gasteiger partial charge in [-0.2, -0.15) is 0 Å². The van der Waals surface area contributed by atoms with E-state index in [2.05, 4.69) is 32.0 Å². The van der Waals surface area contributed by atoms with Crippen LogP contribution in [0.25, 0.3) is 0 Å². The van der Waals surface area contributed by atoms with Crippen LogP contribution < -0.4 is 4.74 Å². The van der Waals surface area contributed by atoms with Crippen LogP contribution in [-0.2, 0) is 22.6 Å². The van der Waals surface area contributed by atoms with Crippen molar-refractivity contribution in [3.63, 3.8) is 0 Å². The van der Waals surface area contributed by atoms with Crippen LogP contribution in [0.3, 0.4) is 0 Å². The van der Waals surface area contributed by atoms with Gasteiger partial charge in [-0.15, -0.1) is 0 Å². The van der Waals surface area contributed by atoms with Crippen LogP contribution in [-0.4, -0.2) is 12.1 Å². The second kappa shape index (κ2) is 9.71. The number of carbonyl (C=O) groups excluding carboxylic acids is 1. The highest BCUT2D eigenvalue weighted by atomic mass is 19.1. The number of rotatable bonds is 7. The number of unbranched alkanes of at least 4 members (excludes halogenated alkanes) is 1. The third-order valence-corrected chi connectivity index (χ3v) is 8.97. The van der Waals surface area contributed by atoms with Crippen LogP contribution in [0.4, 0.5) is 4.39 Å². The Morgan fingerprint density at radius 2 is 1.97 bits per heavy atom. The molecule has 2 aromatic carbocycles. The fourth-order valence-corrected chi connectivity index (χ4v) is 7.11. The van der Waals surface area contributed by atoms with Gasteiger partial charge >= 0.3 is 5.97 Å². The van der Waals surface area contributed by atoms with E-state index in [1.165, 1.54) is 30.0 Å². The van der Waals surface area contributed by atoms with E-state index in [1.54, 1.807) is 12.1 Å². The maximum absolute atomic E-state index is 13.9. The standard InChI is InChI=1S/C30H37FO3/c1-3-4-9-29(32)34-28-15-14-26-25-12-10-20-18-22(33-19-21-7-5-6-8-27(21)31)11-13-23(20)24(25)16-17-30(26,28)2/h5-8,11,13,18,24-26,28H,3-4,9-10,12,14-17,19H2,1-2H3/t24?,25?,26?,28?,30-/m0/s1. The largest absolute Gasteiger partial charge is 0.489 e. The van der Waals surface area contributed by atoms with Gasteiger partial charge in [0.05, 0.1) is 0 Å². The monoisotopic (exact) mass is 464 g/mol. The SMILES string of the molecule is CCCCC(=O)OC1CCC2C3CCc4cc(OCc5ccccc5F)ccc4C3CC[C@]12C. The minimum Gasteiger partial charge on any atom is -0.489 e. The Morgan fingerprint density at radius 3 is 2.79 bits per heavy atom. The lowest BCUT2D eigenvalue weighted by atomic mass is 9.55. The topological polar surface area (TPSA) is 35.5 Å². The van der Waals surface area contributed by atoms with Crippen LogP contribution in [0.2, 0.25) is 0 Å². The normalized spacial score (nSPS) is 29.6. The quantitative estimate of drug-likeness (QED) is 0.402. The number of ether oxygens (including phenoxy) is 2. The van der Waals surface area contributed by atoms with Gasteiger partial charge < -0.3 is 9.47 Å². The molecule has 4 heteroatoms. The summed E-state index contributed by atoms with van der Waals surface area (Å²) in [4.78, 5) is 12.4. The molecule has 0 heterocycles. The Kier molecular flexibility index (Phi) is 6.68. The molecule has 3 nitrogen and oxygen atoms in total. The fraction of sp³-hybridized carbons (Fsp3) is 0.567. The Morgan fingerprint density at radius 1 is 1.12 bits per heavy atom. The van der Waals surface area contributed by atoms with Crippen molar-refractivity contribution in [1.82, 2.24) is 0 Å². The fourth-order valence-electron chi connectivity index (χ4n) is 7.11. The summed E-state index contributed by atoms with van der Waals surface area (Å²) in [6.45, 7) is 4.74. The van der Waals surface area contributed by atoms with Gasteiger partial charge in [0.15, 0.2) is 0 Å². The molecule has 0 aromatic heterocycles. The van der Waals surface area contributed by atoms with Gasteiger partial charge in [0.25, 0.3) is 0 Å². The maximum Gasteiger partial charge on any atom is 0.306 e. The predicted octanol–water partition coefficient (Wildman–Crippen LogP) is 7.36. The van der Waals surface area contributed by atoms with Gasteiger partial charge in [0.1, 0.15) is 24.3 Å². The highest BCUT2D eigenvalue weighted by molar-refractivity contribution is 5.69. The summed E-state index contributed by atoms with van der Waals surface area (Å²) >= 11 is 0. The number of hydrogen-bond donors (Lipinski definition) is 0. The van der Waals surface area contributed by atoms with Gasteiger partial charge in [-0.3, -0.25) is 4.79 Å². The molecule has 2 fully saturated rings. The lowest BCUT2D eigenvalue weighted by Gasteiger charge is -2.50. The molecule has 3 aliphatic carbocycles. The van der Waals surface area contributed by atoms with E-state index >= 15 is 0 Å². The van der Waals surface area contributed by atoms with Crippen molar-refractivity contribution < 1.29 is 18.7 Å². The first kappa shape index (κ1) is 23.4. The van der Waals surface area contributed by atoms with Gasteiger partial charge in [0, 0.05) is 17.4 Å². The molecule has 5 atom stereocenters. The summed E-state index contributed by atoms with van der Waals surface area (Å²) in [6.07, 6.45) is 9.27. The van der Waals surface area contributed by atoms with E-state index in [0.717, 1.165) is 44.3 Å². The van der Waals surface area contributed by atoms with Gasteiger partial charge in [0.2, 0.25) is 0 Å². The molecule has 5 rings (SSSR count). The number of fused-ring (bicyclic) bond motifs is 5. The number of aryl methyl sites for hydroxylation is 1. The summed E-state index contributed by atoms with van der Waals surface area (Å²) in [5.74, 6) is 2.46. The summed E-state index contributed by atoms with van der Waals surface area (Å²) in [7, 11) is 0. The van der Waals surface area contributed by atoms with Crippen molar-refractivity contribution in [3.05, 3.63) is 65.0 Å². The predicted molar refractivity (Wildman–Crippen MR) is 131 cm³/mol. The average molecular weight is 465 g/mol. The summed E-state index contributed by atoms with van der Waals surface area (Å²) in [6, 6.07) is 13.3. The maximum atomic E-state index is 13.9. The zero-order valence-corrected chi connectivity index (χ0v) is 20.5. The van der Waals surface area contributed by atoms with Crippen LogP contribution in [0, 0.1) is 23.1 Å². The average Bonchev–Trinajstić information content (AvgIpc) is 3.17. The van der Waals surface area contributed by atoms with Crippen LogP contribution in [0.5, 0.6) is 5.75 Å². The molecule has 34 heavy (non-hydrogen) atoms. The van der Waals surface area contributed by atoms with Crippen molar-refractivity contribution in [3.8, 4) is 5.75 Å². The van der Waals surface area contributed by atoms with E-state index in [1.807, 2.05) is 6.07 Å². The van der Waals surface area contributed by atoms with E-state index < -0.39 is 0 Å². The molecule has 0 aliphatic heterocycles. The first-order chi connectivity index (χ1) is 16.5. The molecule has 0 saturated heterocycles. The molecule has 0 spiro atoms. The molecular weight excluding hydrogens is 427 g/mol. The first-order valence-electron chi connectivity index (χ1n) is 13.2. The van der Waals surface area contributed by atoms with E-state index in [0.29, 0.717) is 29.7 Å². The molecular formula is C30H37FO3. The molecule has 3 aliphatic rings. The first-order valence-corrected chi connectivity index (χ1v) is 13.2. The number of hydrogen-bond acceptors (Lipinski definition) is 3. The zero-order chi connectivity index (χ0) is 23.7. The van der Waals surface area contributed by atoms with Crippen molar-refractivity contribution >= 4 is 5.97 Å². The smallest absolute Gasteiger partial charge is 0.306 e. The summed E-state index contributed by atoms with van der Waals surface area (Å²) < 4.78 is 25.9. The Bertz CT molecular complexity index is 1030. The molecule has 182 valence electrons. The van der Waals surface area contributed by atoms with Crippen LogP contribution >= 0.6 is 0 Å². The summed E-state index contributed by atoms with van der Waals surface area (Å²) in [5, 5.41) is 0. The molecule has 2 saturated carbocycles. The second-order valence-electron chi connectivity index (χ2n) is 10.9. The van der Waals surface area contributed by atoms with Crippen molar-refractivity contribution in [2.75, 3.05) is 0 Å². The Balaban J connectivity index is 1.27. The highest BCUT2D eigenvalue weighted by Gasteiger charge is 2.56. The molecule has 2 aromatic rings. The lowest BCUT2D eigenvalue weighted by Crippen LogP contribution is -2.45. The number of esters is 1. The zero-order valence-electron chi connectivity index (χ0n) is 20.5. The molecule has 0 N–H and O–H groups in total. The number of benzene rings is 2. The third kappa shape index (κ3) is 4.36. The van der Waals surface area contributed by atoms with E-state index in [9.17, 15) is 9.18 Å². The minimum absolute atomic E-state index is 0.00671. The number of carbonyl (C=O) groups is 1. The van der Waals surface area contributed by atoms with E-state index in [-0.39, 0.29) is 29.9 Å². The van der Waals surface area contributed by atoms with Gasteiger partial charge in [-0.05, 0) is 92.0 Å². The van der Waals surface area contributed by atoms with Crippen LogP contribution in [0.15, 0.2) is 42.5 Å². The lowest BCUT2D eigenvalue weighted by molar-refractivity contribution is -0.157. The molecule has 4 unspecified atom stereocenters. The van der Waals surface area contributed by atoms with Crippen molar-refractivity contribution in [2.45, 2.75) is 90.3 Å². The Labute approximate surface area is 203 Å². The van der Waals surface area contributed by atoms with Gasteiger partial charge in [-0.25, -0.2) is 4.39 Å². The molecule has 0 bridgehead atoms. The van der Waals surface area contributed by atoms with E-state index in [4.69, 9.17) is 9.47 Å². The summed E-state index contributed by atoms with van der Waals surface area (Å²) in [5.41, 5.74) is 3.55. The highest BCUT2D eigenvalue weighted by Crippen LogP contribution is 2.61. The Hall–Kier alpha value is -2.36. The van der Waals surface area contributed by atoms with Crippen molar-refractivity contribution in [1.29, 1.82) is 0 Å². The van der Waals surface area contributed by atoms with Crippen LogP contribution in [0.1, 0.15) is 87.8 Å².